The highest BCUT2D eigenvalue weighted by Gasteiger charge is 2.37. The van der Waals surface area contributed by atoms with Crippen molar-refractivity contribution in [3.8, 4) is 0 Å². The van der Waals surface area contributed by atoms with Crippen LogP contribution in [-0.2, 0) is 6.54 Å². The lowest BCUT2D eigenvalue weighted by Crippen LogP contribution is -2.45. The minimum atomic E-state index is 0.369. The summed E-state index contributed by atoms with van der Waals surface area (Å²) < 4.78 is 1.86. The van der Waals surface area contributed by atoms with E-state index in [4.69, 9.17) is 0 Å². The molecule has 1 N–H and O–H groups in total. The Morgan fingerprint density at radius 3 is 3.05 bits per heavy atom. The second-order valence-electron chi connectivity index (χ2n) is 5.46. The molecule has 6 heteroatoms. The molecule has 1 aromatic heterocycles. The van der Waals surface area contributed by atoms with E-state index in [0.29, 0.717) is 5.54 Å². The van der Waals surface area contributed by atoms with Crippen LogP contribution in [0, 0.1) is 0 Å². The zero-order valence-corrected chi connectivity index (χ0v) is 12.0. The topological polar surface area (TPSA) is 55.1 Å². The third kappa shape index (κ3) is 3.29. The van der Waals surface area contributed by atoms with Crippen LogP contribution in [0.5, 0.6) is 0 Å². The first-order valence-electron chi connectivity index (χ1n) is 7.16. The number of rotatable bonds is 4. The molecule has 1 aliphatic carbocycles. The standard InChI is InChI=1S/C13H21N5S/c1-2-5-13(6-3-1)11-19-12(16-13)14-7-4-9-18-10-8-15-17-18/h8,10H,1-7,9,11H2,(H,14,16). The summed E-state index contributed by atoms with van der Waals surface area (Å²) in [7, 11) is 0. The molecule has 1 spiro atoms. The summed E-state index contributed by atoms with van der Waals surface area (Å²) in [5.41, 5.74) is 0.369. The van der Waals surface area contributed by atoms with E-state index < -0.39 is 0 Å². The van der Waals surface area contributed by atoms with E-state index in [2.05, 4.69) is 20.6 Å². The van der Waals surface area contributed by atoms with Crippen LogP contribution >= 0.6 is 11.8 Å². The second-order valence-corrected chi connectivity index (χ2v) is 6.43. The Bertz CT molecular complexity index is 422. The van der Waals surface area contributed by atoms with Gasteiger partial charge in [0.05, 0.1) is 6.20 Å². The third-order valence-corrected chi connectivity index (χ3v) is 5.14. The van der Waals surface area contributed by atoms with Gasteiger partial charge < -0.3 is 5.32 Å². The number of aromatic nitrogens is 3. The van der Waals surface area contributed by atoms with Gasteiger partial charge in [0.15, 0.2) is 5.17 Å². The average Bonchev–Trinajstić information content (AvgIpc) is 3.07. The SMILES string of the molecule is c1cn(CCCN=C2NC3(CCCCC3)CS2)nn1. The third-order valence-electron chi connectivity index (χ3n) is 3.94. The molecule has 2 fully saturated rings. The number of hydrogen-bond acceptors (Lipinski definition) is 4. The predicted octanol–water partition coefficient (Wildman–Crippen LogP) is 2.06. The Morgan fingerprint density at radius 2 is 2.26 bits per heavy atom. The Balaban J connectivity index is 1.44. The van der Waals surface area contributed by atoms with E-state index in [1.54, 1.807) is 6.20 Å². The van der Waals surface area contributed by atoms with E-state index in [-0.39, 0.29) is 0 Å². The summed E-state index contributed by atoms with van der Waals surface area (Å²) in [5.74, 6) is 1.20. The number of thioether (sulfide) groups is 1. The summed E-state index contributed by atoms with van der Waals surface area (Å²) in [5, 5.41) is 12.6. The molecule has 19 heavy (non-hydrogen) atoms. The lowest BCUT2D eigenvalue weighted by Gasteiger charge is -2.32. The number of nitrogens with one attached hydrogen (secondary N) is 1. The van der Waals surface area contributed by atoms with Crippen LogP contribution < -0.4 is 5.32 Å². The molecule has 0 aromatic carbocycles. The zero-order chi connectivity index (χ0) is 13.0. The Kier molecular flexibility index (Phi) is 4.06. The quantitative estimate of drug-likeness (QED) is 0.857. The van der Waals surface area contributed by atoms with Crippen molar-refractivity contribution in [3.63, 3.8) is 0 Å². The Labute approximate surface area is 118 Å². The van der Waals surface area contributed by atoms with Crippen molar-refractivity contribution in [1.82, 2.24) is 20.3 Å². The average molecular weight is 279 g/mol. The van der Waals surface area contributed by atoms with Gasteiger partial charge >= 0.3 is 0 Å². The van der Waals surface area contributed by atoms with Crippen LogP contribution in [0.15, 0.2) is 17.4 Å². The summed E-state index contributed by atoms with van der Waals surface area (Å²) in [4.78, 5) is 4.68. The van der Waals surface area contributed by atoms with E-state index >= 15 is 0 Å². The maximum Gasteiger partial charge on any atom is 0.157 e. The van der Waals surface area contributed by atoms with Gasteiger partial charge in [-0.15, -0.1) is 5.10 Å². The van der Waals surface area contributed by atoms with Gasteiger partial charge in [-0.1, -0.05) is 36.2 Å². The zero-order valence-electron chi connectivity index (χ0n) is 11.2. The van der Waals surface area contributed by atoms with Gasteiger partial charge in [-0.25, -0.2) is 0 Å². The van der Waals surface area contributed by atoms with Crippen molar-refractivity contribution in [1.29, 1.82) is 0 Å². The first-order valence-corrected chi connectivity index (χ1v) is 8.14. The Morgan fingerprint density at radius 1 is 1.37 bits per heavy atom. The highest BCUT2D eigenvalue weighted by molar-refractivity contribution is 8.14. The van der Waals surface area contributed by atoms with E-state index in [0.717, 1.165) is 24.7 Å². The fraction of sp³-hybridized carbons (Fsp3) is 0.769. The first-order chi connectivity index (χ1) is 9.36. The molecule has 1 saturated heterocycles. The molecular formula is C13H21N5S. The molecule has 104 valence electrons. The van der Waals surface area contributed by atoms with Crippen molar-refractivity contribution in [2.45, 2.75) is 50.6 Å². The molecule has 3 rings (SSSR count). The highest BCUT2D eigenvalue weighted by Crippen LogP contribution is 2.36. The summed E-state index contributed by atoms with van der Waals surface area (Å²) >= 11 is 1.90. The van der Waals surface area contributed by atoms with Crippen molar-refractivity contribution in [2.24, 2.45) is 4.99 Å². The van der Waals surface area contributed by atoms with Gasteiger partial charge in [0.2, 0.25) is 0 Å². The number of aliphatic imine (C=N–C) groups is 1. The lowest BCUT2D eigenvalue weighted by molar-refractivity contribution is 0.303. The van der Waals surface area contributed by atoms with Crippen LogP contribution in [0.25, 0.3) is 0 Å². The van der Waals surface area contributed by atoms with E-state index in [9.17, 15) is 0 Å². The van der Waals surface area contributed by atoms with Crippen LogP contribution in [0.4, 0.5) is 0 Å². The van der Waals surface area contributed by atoms with Crippen molar-refractivity contribution in [3.05, 3.63) is 12.4 Å². The van der Waals surface area contributed by atoms with Gasteiger partial charge in [0, 0.05) is 30.6 Å². The van der Waals surface area contributed by atoms with Crippen molar-refractivity contribution < 1.29 is 0 Å². The second kappa shape index (κ2) is 5.94. The van der Waals surface area contributed by atoms with Gasteiger partial charge in [-0.2, -0.15) is 0 Å². The molecule has 2 heterocycles. The molecule has 2 aliphatic rings. The van der Waals surface area contributed by atoms with Gasteiger partial charge in [-0.3, -0.25) is 9.67 Å². The van der Waals surface area contributed by atoms with Crippen LogP contribution in [0.2, 0.25) is 0 Å². The first kappa shape index (κ1) is 13.0. The number of hydrogen-bond donors (Lipinski definition) is 1. The fourth-order valence-electron chi connectivity index (χ4n) is 2.85. The normalized spacial score (nSPS) is 23.9. The molecule has 0 radical (unpaired) electrons. The lowest BCUT2D eigenvalue weighted by atomic mass is 9.83. The summed E-state index contributed by atoms with van der Waals surface area (Å²) in [6.45, 7) is 1.76. The number of aryl methyl sites for hydroxylation is 1. The molecule has 5 nitrogen and oxygen atoms in total. The van der Waals surface area contributed by atoms with Crippen LogP contribution in [0.1, 0.15) is 38.5 Å². The predicted molar refractivity (Wildman–Crippen MR) is 78.4 cm³/mol. The molecule has 0 unspecified atom stereocenters. The Hall–Kier alpha value is -1.04. The van der Waals surface area contributed by atoms with E-state index in [1.807, 2.05) is 22.6 Å². The van der Waals surface area contributed by atoms with E-state index in [1.165, 1.54) is 37.9 Å². The molecule has 0 atom stereocenters. The van der Waals surface area contributed by atoms with Crippen molar-refractivity contribution >= 4 is 16.9 Å². The molecule has 0 amide bonds. The monoisotopic (exact) mass is 279 g/mol. The molecular weight excluding hydrogens is 258 g/mol. The molecule has 1 saturated carbocycles. The molecule has 1 aromatic rings. The maximum atomic E-state index is 4.68. The van der Waals surface area contributed by atoms with Crippen LogP contribution in [0.3, 0.4) is 0 Å². The smallest absolute Gasteiger partial charge is 0.157 e. The largest absolute Gasteiger partial charge is 0.359 e. The van der Waals surface area contributed by atoms with Crippen LogP contribution in [-0.4, -0.2) is 38.0 Å². The number of amidine groups is 1. The number of nitrogens with zero attached hydrogens (tertiary/aromatic N) is 4. The van der Waals surface area contributed by atoms with Gasteiger partial charge in [0.1, 0.15) is 0 Å². The molecule has 0 bridgehead atoms. The minimum absolute atomic E-state index is 0.369. The highest BCUT2D eigenvalue weighted by atomic mass is 32.2. The van der Waals surface area contributed by atoms with Crippen molar-refractivity contribution in [2.75, 3.05) is 12.3 Å². The fourth-order valence-corrected chi connectivity index (χ4v) is 4.10. The molecule has 1 aliphatic heterocycles. The maximum absolute atomic E-state index is 4.68. The van der Waals surface area contributed by atoms with Gasteiger partial charge in [-0.05, 0) is 19.3 Å². The summed E-state index contributed by atoms with van der Waals surface area (Å²) in [6.07, 6.45) is 11.4. The summed E-state index contributed by atoms with van der Waals surface area (Å²) in [6, 6.07) is 0. The minimum Gasteiger partial charge on any atom is -0.359 e. The van der Waals surface area contributed by atoms with Gasteiger partial charge in [0.25, 0.3) is 0 Å².